The number of thiophene rings is 1. The summed E-state index contributed by atoms with van der Waals surface area (Å²) in [4.78, 5) is 27.2. The average Bonchev–Trinajstić information content (AvgIpc) is 3.20. The van der Waals surface area contributed by atoms with E-state index in [1.54, 1.807) is 6.07 Å². The first-order valence-electron chi connectivity index (χ1n) is 8.53. The van der Waals surface area contributed by atoms with Gasteiger partial charge in [-0.1, -0.05) is 36.4 Å². The zero-order chi connectivity index (χ0) is 17.9. The highest BCUT2D eigenvalue weighted by Gasteiger charge is 2.24. The number of rotatable bonds is 4. The second kappa shape index (κ2) is 7.14. The first kappa shape index (κ1) is 16.5. The Kier molecular flexibility index (Phi) is 4.54. The number of carbonyl (C=O) groups excluding carboxylic acids is 2. The fraction of sp³-hybridized carbons (Fsp3) is 0.143. The summed E-state index contributed by atoms with van der Waals surface area (Å²) in [5, 5.41) is 4.82. The van der Waals surface area contributed by atoms with E-state index in [4.69, 9.17) is 0 Å². The number of anilines is 2. The molecule has 1 aliphatic rings. The van der Waals surface area contributed by atoms with Gasteiger partial charge in [0, 0.05) is 17.8 Å². The largest absolute Gasteiger partial charge is 0.321 e. The molecule has 0 aliphatic carbocycles. The first-order chi connectivity index (χ1) is 12.7. The molecule has 4 rings (SSSR count). The highest BCUT2D eigenvalue weighted by molar-refractivity contribution is 7.12. The highest BCUT2D eigenvalue weighted by Crippen LogP contribution is 2.31. The molecule has 0 spiro atoms. The Bertz CT molecular complexity index is 936. The number of hydrogen-bond acceptors (Lipinski definition) is 3. The molecule has 1 aromatic heterocycles. The molecule has 2 amide bonds. The van der Waals surface area contributed by atoms with Gasteiger partial charge in [-0.3, -0.25) is 9.59 Å². The number of amides is 2. The zero-order valence-electron chi connectivity index (χ0n) is 14.1. The van der Waals surface area contributed by atoms with Crippen molar-refractivity contribution in [1.29, 1.82) is 0 Å². The molecular formula is C21H18N2O2S. The normalized spacial score (nSPS) is 13.4. The second-order valence-electron chi connectivity index (χ2n) is 6.24. The van der Waals surface area contributed by atoms with Crippen LogP contribution in [0.25, 0.3) is 0 Å². The Hall–Kier alpha value is -2.92. The molecule has 0 fully saturated rings. The molecule has 2 heterocycles. The van der Waals surface area contributed by atoms with Gasteiger partial charge in [0.1, 0.15) is 0 Å². The molecule has 130 valence electrons. The summed E-state index contributed by atoms with van der Waals surface area (Å²) in [5.41, 5.74) is 3.88. The summed E-state index contributed by atoms with van der Waals surface area (Å²) in [5.74, 6) is 0.0321. The molecule has 4 nitrogen and oxygen atoms in total. The first-order valence-corrected chi connectivity index (χ1v) is 9.41. The van der Waals surface area contributed by atoms with Crippen LogP contribution in [-0.4, -0.2) is 11.8 Å². The molecule has 2 aromatic carbocycles. The molecule has 1 N–H and O–H groups in total. The van der Waals surface area contributed by atoms with Crippen molar-refractivity contribution in [3.05, 3.63) is 82.0 Å². The smallest absolute Gasteiger partial charge is 0.265 e. The lowest BCUT2D eigenvalue weighted by molar-refractivity contribution is -0.119. The van der Waals surface area contributed by atoms with Crippen molar-refractivity contribution < 1.29 is 9.59 Å². The predicted molar refractivity (Wildman–Crippen MR) is 105 cm³/mol. The average molecular weight is 362 g/mol. The molecular weight excluding hydrogens is 344 g/mol. The van der Waals surface area contributed by atoms with E-state index in [1.807, 2.05) is 64.9 Å². The third kappa shape index (κ3) is 3.39. The molecule has 0 saturated heterocycles. The lowest BCUT2D eigenvalue weighted by atomic mass is 9.99. The summed E-state index contributed by atoms with van der Waals surface area (Å²) < 4.78 is 0. The van der Waals surface area contributed by atoms with Gasteiger partial charge in [0.2, 0.25) is 5.91 Å². The van der Waals surface area contributed by atoms with Gasteiger partial charge >= 0.3 is 0 Å². The van der Waals surface area contributed by atoms with Crippen molar-refractivity contribution in [2.75, 3.05) is 10.2 Å². The molecule has 0 atom stereocenters. The van der Waals surface area contributed by atoms with Gasteiger partial charge in [-0.2, -0.15) is 0 Å². The predicted octanol–water partition coefficient (Wildman–Crippen LogP) is 4.48. The van der Waals surface area contributed by atoms with Crippen LogP contribution in [0.4, 0.5) is 11.4 Å². The topological polar surface area (TPSA) is 49.4 Å². The Labute approximate surface area is 156 Å². The summed E-state index contributed by atoms with van der Waals surface area (Å²) in [7, 11) is 0. The summed E-state index contributed by atoms with van der Waals surface area (Å²) >= 11 is 1.42. The van der Waals surface area contributed by atoms with E-state index in [2.05, 4.69) is 5.32 Å². The number of nitrogens with one attached hydrogen (secondary N) is 1. The van der Waals surface area contributed by atoms with E-state index in [0.29, 0.717) is 24.3 Å². The standard InChI is InChI=1S/C21H18N2O2S/c24-20-11-8-16-13-17(22-21(25)19-7-4-12-26-19)9-10-18(16)23(20)14-15-5-2-1-3-6-15/h1-7,9-10,12-13H,8,11,14H2,(H,22,25). The van der Waals surface area contributed by atoms with Gasteiger partial charge in [0.15, 0.2) is 0 Å². The van der Waals surface area contributed by atoms with Crippen LogP contribution in [0.1, 0.15) is 27.2 Å². The van der Waals surface area contributed by atoms with Crippen molar-refractivity contribution in [2.24, 2.45) is 0 Å². The van der Waals surface area contributed by atoms with Crippen LogP contribution in [0.3, 0.4) is 0 Å². The van der Waals surface area contributed by atoms with Crippen LogP contribution in [0.5, 0.6) is 0 Å². The Balaban J connectivity index is 1.57. The minimum absolute atomic E-state index is 0.104. The van der Waals surface area contributed by atoms with Crippen molar-refractivity contribution in [2.45, 2.75) is 19.4 Å². The van der Waals surface area contributed by atoms with Crippen molar-refractivity contribution in [1.82, 2.24) is 0 Å². The minimum Gasteiger partial charge on any atom is -0.321 e. The lowest BCUT2D eigenvalue weighted by Crippen LogP contribution is -2.34. The number of carbonyl (C=O) groups is 2. The van der Waals surface area contributed by atoms with Crippen LogP contribution in [-0.2, 0) is 17.8 Å². The maximum absolute atomic E-state index is 12.4. The Morgan fingerprint density at radius 2 is 1.88 bits per heavy atom. The summed E-state index contributed by atoms with van der Waals surface area (Å²) in [6.45, 7) is 0.563. The zero-order valence-corrected chi connectivity index (χ0v) is 15.0. The van der Waals surface area contributed by atoms with Crippen LogP contribution < -0.4 is 10.2 Å². The van der Waals surface area contributed by atoms with E-state index >= 15 is 0 Å². The molecule has 1 aliphatic heterocycles. The number of hydrogen-bond donors (Lipinski definition) is 1. The number of nitrogens with zero attached hydrogens (tertiary/aromatic N) is 1. The SMILES string of the molecule is O=C(Nc1ccc2c(c1)CCC(=O)N2Cc1ccccc1)c1cccs1. The van der Waals surface area contributed by atoms with Gasteiger partial charge < -0.3 is 10.2 Å². The quantitative estimate of drug-likeness (QED) is 0.744. The maximum atomic E-state index is 12.4. The van der Waals surface area contributed by atoms with Crippen molar-refractivity contribution in [3.63, 3.8) is 0 Å². The number of fused-ring (bicyclic) bond motifs is 1. The summed E-state index contributed by atoms with van der Waals surface area (Å²) in [6, 6.07) is 19.4. The molecule has 26 heavy (non-hydrogen) atoms. The van der Waals surface area contributed by atoms with Crippen LogP contribution in [0.15, 0.2) is 66.0 Å². The highest BCUT2D eigenvalue weighted by atomic mass is 32.1. The number of benzene rings is 2. The fourth-order valence-electron chi connectivity index (χ4n) is 3.18. The van der Waals surface area contributed by atoms with Gasteiger partial charge in [-0.25, -0.2) is 0 Å². The van der Waals surface area contributed by atoms with E-state index in [0.717, 1.165) is 22.5 Å². The van der Waals surface area contributed by atoms with Crippen LogP contribution >= 0.6 is 11.3 Å². The lowest BCUT2D eigenvalue weighted by Gasteiger charge is -2.30. The van der Waals surface area contributed by atoms with Crippen molar-refractivity contribution >= 4 is 34.5 Å². The maximum Gasteiger partial charge on any atom is 0.265 e. The number of aryl methyl sites for hydroxylation is 1. The molecule has 0 unspecified atom stereocenters. The Morgan fingerprint density at radius 1 is 1.04 bits per heavy atom. The molecule has 0 saturated carbocycles. The Morgan fingerprint density at radius 3 is 2.65 bits per heavy atom. The van der Waals surface area contributed by atoms with Crippen LogP contribution in [0.2, 0.25) is 0 Å². The summed E-state index contributed by atoms with van der Waals surface area (Å²) in [6.07, 6.45) is 1.18. The van der Waals surface area contributed by atoms with Gasteiger partial charge in [-0.15, -0.1) is 11.3 Å². The third-order valence-corrected chi connectivity index (χ3v) is 5.33. The van der Waals surface area contributed by atoms with E-state index < -0.39 is 0 Å². The van der Waals surface area contributed by atoms with E-state index in [-0.39, 0.29) is 11.8 Å². The van der Waals surface area contributed by atoms with Gasteiger partial charge in [0.25, 0.3) is 5.91 Å². The monoisotopic (exact) mass is 362 g/mol. The van der Waals surface area contributed by atoms with Crippen LogP contribution in [0, 0.1) is 0 Å². The minimum atomic E-state index is -0.104. The van der Waals surface area contributed by atoms with E-state index in [1.165, 1.54) is 11.3 Å². The molecule has 0 bridgehead atoms. The second-order valence-corrected chi connectivity index (χ2v) is 7.19. The van der Waals surface area contributed by atoms with Gasteiger partial charge in [0.05, 0.1) is 11.4 Å². The molecule has 5 heteroatoms. The van der Waals surface area contributed by atoms with E-state index in [9.17, 15) is 9.59 Å². The fourth-order valence-corrected chi connectivity index (χ4v) is 3.80. The third-order valence-electron chi connectivity index (χ3n) is 4.47. The van der Waals surface area contributed by atoms with Gasteiger partial charge in [-0.05, 0) is 47.2 Å². The molecule has 0 radical (unpaired) electrons. The van der Waals surface area contributed by atoms with Crippen molar-refractivity contribution in [3.8, 4) is 0 Å². The molecule has 3 aromatic rings.